The number of thioether (sulfide) groups is 1. The molecule has 0 aliphatic heterocycles. The van der Waals surface area contributed by atoms with Gasteiger partial charge in [0.25, 0.3) is 0 Å². The topological polar surface area (TPSA) is 73.0 Å². The van der Waals surface area contributed by atoms with Crippen LogP contribution in [0.3, 0.4) is 0 Å². The molecule has 0 aliphatic rings. The molecule has 148 valence electrons. The molecule has 1 N–H and O–H groups in total. The lowest BCUT2D eigenvalue weighted by Gasteiger charge is -2.18. The Balaban J connectivity index is 1.41. The van der Waals surface area contributed by atoms with E-state index >= 15 is 0 Å². The maximum Gasteiger partial charge on any atom is 0.231 e. The third kappa shape index (κ3) is 4.96. The van der Waals surface area contributed by atoms with Crippen molar-refractivity contribution in [1.82, 2.24) is 20.1 Å². The monoisotopic (exact) mass is 424 g/mol. The lowest BCUT2D eigenvalue weighted by atomic mass is 10.0. The summed E-state index contributed by atoms with van der Waals surface area (Å²) in [7, 11) is 0. The Morgan fingerprint density at radius 2 is 2.10 bits per heavy atom. The highest BCUT2D eigenvalue weighted by Gasteiger charge is 2.19. The highest BCUT2D eigenvalue weighted by atomic mass is 32.2. The number of thiophene rings is 1. The summed E-state index contributed by atoms with van der Waals surface area (Å²) in [6.45, 7) is 2.59. The SMILES string of the molecule is Cc1ccc(C(NC(=O)CSc2nncn2Cc2ccco2)c2cccs2)cc1. The number of hydrogen-bond acceptors (Lipinski definition) is 6. The van der Waals surface area contributed by atoms with E-state index in [1.54, 1.807) is 23.9 Å². The summed E-state index contributed by atoms with van der Waals surface area (Å²) < 4.78 is 7.24. The Hall–Kier alpha value is -2.84. The first-order valence-corrected chi connectivity index (χ1v) is 11.0. The van der Waals surface area contributed by atoms with E-state index in [2.05, 4.69) is 46.7 Å². The van der Waals surface area contributed by atoms with Crippen LogP contribution in [0.2, 0.25) is 0 Å². The van der Waals surface area contributed by atoms with Crippen LogP contribution in [0.1, 0.15) is 27.8 Å². The minimum Gasteiger partial charge on any atom is -0.467 e. The largest absolute Gasteiger partial charge is 0.467 e. The number of amides is 1. The molecule has 3 aromatic heterocycles. The van der Waals surface area contributed by atoms with Gasteiger partial charge in [0.05, 0.1) is 24.6 Å². The molecule has 29 heavy (non-hydrogen) atoms. The zero-order valence-corrected chi connectivity index (χ0v) is 17.5. The first kappa shape index (κ1) is 19.5. The standard InChI is InChI=1S/C21H20N4O2S2/c1-15-6-8-16(9-7-15)20(18-5-3-11-28-18)23-19(26)13-29-21-24-22-14-25(21)12-17-4-2-10-27-17/h2-11,14,20H,12-13H2,1H3,(H,23,26). The Morgan fingerprint density at radius 1 is 1.24 bits per heavy atom. The van der Waals surface area contributed by atoms with Gasteiger partial charge in [-0.3, -0.25) is 4.79 Å². The summed E-state index contributed by atoms with van der Waals surface area (Å²) in [4.78, 5) is 13.8. The molecule has 0 saturated heterocycles. The predicted octanol–water partition coefficient (Wildman–Crippen LogP) is 4.29. The van der Waals surface area contributed by atoms with Crippen molar-refractivity contribution >= 4 is 29.0 Å². The summed E-state index contributed by atoms with van der Waals surface area (Å²) >= 11 is 2.99. The molecule has 0 radical (unpaired) electrons. The summed E-state index contributed by atoms with van der Waals surface area (Å²) in [5, 5.41) is 13.9. The quantitative estimate of drug-likeness (QED) is 0.427. The molecule has 0 fully saturated rings. The first-order valence-electron chi connectivity index (χ1n) is 9.11. The first-order chi connectivity index (χ1) is 14.2. The summed E-state index contributed by atoms with van der Waals surface area (Å²) in [5.41, 5.74) is 2.26. The summed E-state index contributed by atoms with van der Waals surface area (Å²) in [6.07, 6.45) is 3.28. The molecule has 0 saturated carbocycles. The number of benzene rings is 1. The molecule has 4 aromatic rings. The molecule has 1 aromatic carbocycles. The maximum absolute atomic E-state index is 12.7. The maximum atomic E-state index is 12.7. The van der Waals surface area contributed by atoms with Crippen molar-refractivity contribution in [3.8, 4) is 0 Å². The van der Waals surface area contributed by atoms with E-state index in [1.807, 2.05) is 34.2 Å². The smallest absolute Gasteiger partial charge is 0.231 e. The van der Waals surface area contributed by atoms with E-state index in [0.717, 1.165) is 16.2 Å². The molecule has 0 aliphatic carbocycles. The van der Waals surface area contributed by atoms with Crippen LogP contribution in [0.4, 0.5) is 0 Å². The van der Waals surface area contributed by atoms with E-state index in [1.165, 1.54) is 17.3 Å². The molecule has 0 bridgehead atoms. The van der Waals surface area contributed by atoms with Gasteiger partial charge in [0.1, 0.15) is 12.1 Å². The third-order valence-corrected chi connectivity index (χ3v) is 6.28. The number of aryl methyl sites for hydroxylation is 1. The molecular weight excluding hydrogens is 404 g/mol. The number of aromatic nitrogens is 3. The average molecular weight is 425 g/mol. The minimum absolute atomic E-state index is 0.0541. The minimum atomic E-state index is -0.162. The van der Waals surface area contributed by atoms with Crippen molar-refractivity contribution in [2.75, 3.05) is 5.75 Å². The number of carbonyl (C=O) groups is 1. The molecule has 0 spiro atoms. The van der Waals surface area contributed by atoms with Crippen LogP contribution < -0.4 is 5.32 Å². The summed E-state index contributed by atoms with van der Waals surface area (Å²) in [5.74, 6) is 1.01. The molecule has 1 amide bonds. The second-order valence-electron chi connectivity index (χ2n) is 6.54. The van der Waals surface area contributed by atoms with E-state index in [4.69, 9.17) is 4.42 Å². The lowest BCUT2D eigenvalue weighted by molar-refractivity contribution is -0.119. The second-order valence-corrected chi connectivity index (χ2v) is 8.46. The van der Waals surface area contributed by atoms with Crippen LogP contribution in [0.25, 0.3) is 0 Å². The normalized spacial score (nSPS) is 12.0. The van der Waals surface area contributed by atoms with Crippen molar-refractivity contribution in [3.05, 3.63) is 88.3 Å². The lowest BCUT2D eigenvalue weighted by Crippen LogP contribution is -2.30. The second kappa shape index (κ2) is 9.11. The van der Waals surface area contributed by atoms with Gasteiger partial charge in [-0.1, -0.05) is 47.7 Å². The number of nitrogens with zero attached hydrogens (tertiary/aromatic N) is 3. The van der Waals surface area contributed by atoms with Gasteiger partial charge in [-0.25, -0.2) is 0 Å². The van der Waals surface area contributed by atoms with Gasteiger partial charge in [-0.05, 0) is 36.1 Å². The molecule has 1 atom stereocenters. The third-order valence-electron chi connectivity index (χ3n) is 4.36. The van der Waals surface area contributed by atoms with Gasteiger partial charge < -0.3 is 14.3 Å². The summed E-state index contributed by atoms with van der Waals surface area (Å²) in [6, 6.07) is 15.9. The van der Waals surface area contributed by atoms with Gasteiger partial charge in [-0.15, -0.1) is 21.5 Å². The van der Waals surface area contributed by atoms with E-state index in [-0.39, 0.29) is 17.7 Å². The van der Waals surface area contributed by atoms with Crippen LogP contribution in [-0.2, 0) is 11.3 Å². The van der Waals surface area contributed by atoms with Gasteiger partial charge >= 0.3 is 0 Å². The van der Waals surface area contributed by atoms with Crippen LogP contribution in [0.5, 0.6) is 0 Å². The fourth-order valence-electron chi connectivity index (χ4n) is 2.90. The highest BCUT2D eigenvalue weighted by molar-refractivity contribution is 7.99. The number of rotatable bonds is 8. The predicted molar refractivity (Wildman–Crippen MR) is 114 cm³/mol. The van der Waals surface area contributed by atoms with Gasteiger partial charge in [0.2, 0.25) is 5.91 Å². The molecule has 6 nitrogen and oxygen atoms in total. The van der Waals surface area contributed by atoms with Gasteiger partial charge in [0.15, 0.2) is 5.16 Å². The van der Waals surface area contributed by atoms with E-state index in [9.17, 15) is 4.79 Å². The Bertz CT molecular complexity index is 1040. The van der Waals surface area contributed by atoms with Crippen LogP contribution in [-0.4, -0.2) is 26.4 Å². The van der Waals surface area contributed by atoms with Crippen molar-refractivity contribution < 1.29 is 9.21 Å². The number of furan rings is 1. The average Bonchev–Trinajstić information content (AvgIpc) is 3.49. The zero-order chi connectivity index (χ0) is 20.1. The van der Waals surface area contributed by atoms with Crippen molar-refractivity contribution in [1.29, 1.82) is 0 Å². The van der Waals surface area contributed by atoms with Crippen LogP contribution >= 0.6 is 23.1 Å². The number of hydrogen-bond donors (Lipinski definition) is 1. The Kier molecular flexibility index (Phi) is 6.12. The highest BCUT2D eigenvalue weighted by Crippen LogP contribution is 2.27. The number of carbonyl (C=O) groups excluding carboxylic acids is 1. The zero-order valence-electron chi connectivity index (χ0n) is 15.8. The van der Waals surface area contributed by atoms with Crippen LogP contribution in [0, 0.1) is 6.92 Å². The number of nitrogens with one attached hydrogen (secondary N) is 1. The molecule has 8 heteroatoms. The Morgan fingerprint density at radius 3 is 2.83 bits per heavy atom. The van der Waals surface area contributed by atoms with Gasteiger partial charge in [0, 0.05) is 4.88 Å². The molecular formula is C21H20N4O2S2. The van der Waals surface area contributed by atoms with E-state index in [0.29, 0.717) is 11.7 Å². The van der Waals surface area contributed by atoms with Crippen LogP contribution in [0.15, 0.2) is 76.1 Å². The van der Waals surface area contributed by atoms with Crippen molar-refractivity contribution in [2.45, 2.75) is 24.7 Å². The van der Waals surface area contributed by atoms with Crippen molar-refractivity contribution in [3.63, 3.8) is 0 Å². The molecule has 3 heterocycles. The molecule has 1 unspecified atom stereocenters. The fourth-order valence-corrected chi connectivity index (χ4v) is 4.43. The molecule has 4 rings (SSSR count). The van der Waals surface area contributed by atoms with Gasteiger partial charge in [-0.2, -0.15) is 0 Å². The van der Waals surface area contributed by atoms with E-state index < -0.39 is 0 Å². The Labute approximate surface area is 177 Å². The van der Waals surface area contributed by atoms with Crippen molar-refractivity contribution in [2.24, 2.45) is 0 Å². The fraction of sp³-hybridized carbons (Fsp3) is 0.190.